The number of aryl methyl sites for hydroxylation is 1. The molecule has 2 heterocycles. The number of nitrogens with zero attached hydrogens (tertiary/aromatic N) is 1. The first-order valence-electron chi connectivity index (χ1n) is 12.2. The van der Waals surface area contributed by atoms with Gasteiger partial charge in [0.15, 0.2) is 17.3 Å². The van der Waals surface area contributed by atoms with Crippen LogP contribution in [0, 0.1) is 0 Å². The molecule has 1 aliphatic carbocycles. The van der Waals surface area contributed by atoms with Crippen LogP contribution in [0.3, 0.4) is 0 Å². The Bertz CT molecular complexity index is 1170. The molecule has 1 atom stereocenters. The Morgan fingerprint density at radius 1 is 1.00 bits per heavy atom. The molecule has 1 aromatic heterocycles. The minimum Gasteiger partial charge on any atom is -0.459 e. The first-order chi connectivity index (χ1) is 17.1. The number of rotatable bonds is 8. The van der Waals surface area contributed by atoms with E-state index >= 15 is 0 Å². The van der Waals surface area contributed by atoms with E-state index in [4.69, 9.17) is 13.9 Å². The maximum absolute atomic E-state index is 13.8. The van der Waals surface area contributed by atoms with Crippen molar-refractivity contribution in [3.05, 3.63) is 83.3 Å². The van der Waals surface area contributed by atoms with Gasteiger partial charge in [-0.3, -0.25) is 9.59 Å². The average Bonchev–Trinajstić information content (AvgIpc) is 3.66. The predicted molar refractivity (Wildman–Crippen MR) is 130 cm³/mol. The SMILES string of the molecule is CCc1ccc(C(C(=O)NC2CCCC2)N(Cc2ccc3c(c2)OCO3)C(=O)c2ccco2)cc1. The highest BCUT2D eigenvalue weighted by molar-refractivity contribution is 5.96. The van der Waals surface area contributed by atoms with Crippen molar-refractivity contribution in [2.45, 2.75) is 57.7 Å². The Kier molecular flexibility index (Phi) is 6.75. The lowest BCUT2D eigenvalue weighted by atomic mass is 9.99. The van der Waals surface area contributed by atoms with Crippen LogP contribution in [0.1, 0.15) is 65.9 Å². The van der Waals surface area contributed by atoms with E-state index in [2.05, 4.69) is 12.2 Å². The van der Waals surface area contributed by atoms with Crippen LogP contribution in [-0.2, 0) is 17.8 Å². The van der Waals surface area contributed by atoms with Gasteiger partial charge in [0.25, 0.3) is 5.91 Å². The molecule has 0 bridgehead atoms. The normalized spacial score (nSPS) is 15.7. The molecular formula is C28H30N2O5. The zero-order chi connectivity index (χ0) is 24.2. The molecule has 0 radical (unpaired) electrons. The third kappa shape index (κ3) is 5.04. The summed E-state index contributed by atoms with van der Waals surface area (Å²) in [6.07, 6.45) is 6.49. The zero-order valence-corrected chi connectivity index (χ0v) is 19.9. The van der Waals surface area contributed by atoms with Crippen molar-refractivity contribution in [1.29, 1.82) is 0 Å². The molecular weight excluding hydrogens is 444 g/mol. The van der Waals surface area contributed by atoms with E-state index in [1.54, 1.807) is 17.0 Å². The quantitative estimate of drug-likeness (QED) is 0.496. The predicted octanol–water partition coefficient (Wildman–Crippen LogP) is 5.01. The minimum absolute atomic E-state index is 0.131. The van der Waals surface area contributed by atoms with Crippen molar-refractivity contribution in [1.82, 2.24) is 10.2 Å². The molecule has 7 nitrogen and oxygen atoms in total. The minimum atomic E-state index is -0.815. The first-order valence-corrected chi connectivity index (χ1v) is 12.2. The van der Waals surface area contributed by atoms with Crippen molar-refractivity contribution >= 4 is 11.8 Å². The number of benzene rings is 2. The second-order valence-corrected chi connectivity index (χ2v) is 9.09. The van der Waals surface area contributed by atoms with E-state index in [9.17, 15) is 9.59 Å². The molecule has 35 heavy (non-hydrogen) atoms. The van der Waals surface area contributed by atoms with Crippen LogP contribution in [0.2, 0.25) is 0 Å². The number of fused-ring (bicyclic) bond motifs is 1. The van der Waals surface area contributed by atoms with Gasteiger partial charge in [0.2, 0.25) is 12.7 Å². The number of hydrogen-bond acceptors (Lipinski definition) is 5. The summed E-state index contributed by atoms with van der Waals surface area (Å²) in [7, 11) is 0. The van der Waals surface area contributed by atoms with E-state index in [1.165, 1.54) is 11.8 Å². The lowest BCUT2D eigenvalue weighted by Gasteiger charge is -2.32. The molecule has 1 unspecified atom stereocenters. The molecule has 1 N–H and O–H groups in total. The van der Waals surface area contributed by atoms with Gasteiger partial charge < -0.3 is 24.1 Å². The molecule has 2 amide bonds. The van der Waals surface area contributed by atoms with Gasteiger partial charge in [0.05, 0.1) is 6.26 Å². The molecule has 1 aliphatic heterocycles. The molecule has 2 aliphatic rings. The lowest BCUT2D eigenvalue weighted by molar-refractivity contribution is -0.126. The average molecular weight is 475 g/mol. The number of nitrogens with one attached hydrogen (secondary N) is 1. The van der Waals surface area contributed by atoms with Crippen LogP contribution < -0.4 is 14.8 Å². The fourth-order valence-electron chi connectivity index (χ4n) is 4.82. The Morgan fingerprint density at radius 2 is 1.74 bits per heavy atom. The molecule has 182 valence electrons. The lowest BCUT2D eigenvalue weighted by Crippen LogP contribution is -2.45. The van der Waals surface area contributed by atoms with Gasteiger partial charge in [0.1, 0.15) is 6.04 Å². The molecule has 1 saturated carbocycles. The van der Waals surface area contributed by atoms with E-state index in [1.807, 2.05) is 42.5 Å². The van der Waals surface area contributed by atoms with Gasteiger partial charge in [-0.25, -0.2) is 0 Å². The Labute approximate surface area is 205 Å². The maximum Gasteiger partial charge on any atom is 0.290 e. The van der Waals surface area contributed by atoms with Crippen LogP contribution >= 0.6 is 0 Å². The van der Waals surface area contributed by atoms with Gasteiger partial charge in [0, 0.05) is 12.6 Å². The summed E-state index contributed by atoms with van der Waals surface area (Å²) < 4.78 is 16.4. The first kappa shape index (κ1) is 23.0. The Balaban J connectivity index is 1.53. The second-order valence-electron chi connectivity index (χ2n) is 9.09. The van der Waals surface area contributed by atoms with E-state index < -0.39 is 6.04 Å². The summed E-state index contributed by atoms with van der Waals surface area (Å²) in [6, 6.07) is 16.1. The van der Waals surface area contributed by atoms with Crippen LogP contribution in [0.15, 0.2) is 65.3 Å². The fourth-order valence-corrected chi connectivity index (χ4v) is 4.82. The number of amides is 2. The summed E-state index contributed by atoms with van der Waals surface area (Å²) >= 11 is 0. The van der Waals surface area contributed by atoms with Crippen LogP contribution in [-0.4, -0.2) is 29.5 Å². The summed E-state index contributed by atoms with van der Waals surface area (Å²) in [5.74, 6) is 0.964. The summed E-state index contributed by atoms with van der Waals surface area (Å²) in [5.41, 5.74) is 2.76. The number of carbonyl (C=O) groups is 2. The molecule has 0 saturated heterocycles. The Morgan fingerprint density at radius 3 is 2.46 bits per heavy atom. The number of hydrogen-bond donors (Lipinski definition) is 1. The van der Waals surface area contributed by atoms with Crippen LogP contribution in [0.5, 0.6) is 11.5 Å². The van der Waals surface area contributed by atoms with Crippen molar-refractivity contribution in [3.8, 4) is 11.5 Å². The van der Waals surface area contributed by atoms with Gasteiger partial charge in [-0.05, 0) is 60.2 Å². The van der Waals surface area contributed by atoms with E-state index in [0.717, 1.165) is 43.2 Å². The smallest absolute Gasteiger partial charge is 0.290 e. The van der Waals surface area contributed by atoms with Crippen molar-refractivity contribution in [2.75, 3.05) is 6.79 Å². The summed E-state index contributed by atoms with van der Waals surface area (Å²) in [6.45, 7) is 2.46. The molecule has 0 spiro atoms. The second kappa shape index (κ2) is 10.3. The third-order valence-electron chi connectivity index (χ3n) is 6.75. The highest BCUT2D eigenvalue weighted by Gasteiger charge is 2.35. The highest BCUT2D eigenvalue weighted by Crippen LogP contribution is 2.34. The molecule has 2 aromatic carbocycles. The summed E-state index contributed by atoms with van der Waals surface area (Å²) in [5, 5.41) is 3.21. The summed E-state index contributed by atoms with van der Waals surface area (Å²) in [4.78, 5) is 29.1. The maximum atomic E-state index is 13.8. The zero-order valence-electron chi connectivity index (χ0n) is 19.9. The molecule has 3 aromatic rings. The van der Waals surface area contributed by atoms with Gasteiger partial charge in [-0.15, -0.1) is 0 Å². The largest absolute Gasteiger partial charge is 0.459 e. The Hall–Kier alpha value is -3.74. The third-order valence-corrected chi connectivity index (χ3v) is 6.75. The number of furan rings is 1. The van der Waals surface area contributed by atoms with E-state index in [-0.39, 0.29) is 37.0 Å². The van der Waals surface area contributed by atoms with Crippen LogP contribution in [0.4, 0.5) is 0 Å². The molecule has 1 fully saturated rings. The van der Waals surface area contributed by atoms with Gasteiger partial charge in [-0.2, -0.15) is 0 Å². The van der Waals surface area contributed by atoms with Crippen LogP contribution in [0.25, 0.3) is 0 Å². The number of carbonyl (C=O) groups excluding carboxylic acids is 2. The van der Waals surface area contributed by atoms with Crippen molar-refractivity contribution in [2.24, 2.45) is 0 Å². The van der Waals surface area contributed by atoms with Gasteiger partial charge >= 0.3 is 0 Å². The highest BCUT2D eigenvalue weighted by atomic mass is 16.7. The van der Waals surface area contributed by atoms with E-state index in [0.29, 0.717) is 11.5 Å². The topological polar surface area (TPSA) is 81.0 Å². The number of ether oxygens (including phenoxy) is 2. The van der Waals surface area contributed by atoms with Crippen molar-refractivity contribution in [3.63, 3.8) is 0 Å². The standard InChI is InChI=1S/C28H30N2O5/c1-2-19-9-12-21(13-10-19)26(27(31)29-22-6-3-4-7-22)30(28(32)24-8-5-15-33-24)17-20-11-14-23-25(16-20)35-18-34-23/h5,8-16,22,26H,2-4,6-7,17-18H2,1H3,(H,29,31). The van der Waals surface area contributed by atoms with Crippen molar-refractivity contribution < 1.29 is 23.5 Å². The molecule has 7 heteroatoms. The fraction of sp³-hybridized carbons (Fsp3) is 0.357. The monoisotopic (exact) mass is 474 g/mol. The molecule has 5 rings (SSSR count). The van der Waals surface area contributed by atoms with Gasteiger partial charge in [-0.1, -0.05) is 50.1 Å².